The second-order valence-electron chi connectivity index (χ2n) is 4.06. The van der Waals surface area contributed by atoms with Gasteiger partial charge in [-0.2, -0.15) is 0 Å². The lowest BCUT2D eigenvalue weighted by molar-refractivity contribution is 0.627. The van der Waals surface area contributed by atoms with Crippen molar-refractivity contribution in [2.75, 3.05) is 0 Å². The summed E-state index contributed by atoms with van der Waals surface area (Å²) >= 11 is 0. The Hall–Kier alpha value is -1.96. The molecule has 0 fully saturated rings. The van der Waals surface area contributed by atoms with Gasteiger partial charge in [0.05, 0.1) is 5.70 Å². The van der Waals surface area contributed by atoms with Gasteiger partial charge in [0.15, 0.2) is 0 Å². The zero-order valence-electron chi connectivity index (χ0n) is 11.1. The van der Waals surface area contributed by atoms with E-state index in [4.69, 9.17) is 0 Å². The van der Waals surface area contributed by atoms with E-state index in [9.17, 15) is 4.39 Å². The Bertz CT molecular complexity index is 500. The zero-order chi connectivity index (χ0) is 13.5. The highest BCUT2D eigenvalue weighted by atomic mass is 19.1. The van der Waals surface area contributed by atoms with Crippen molar-refractivity contribution in [2.45, 2.75) is 20.8 Å². The number of allylic oxidation sites excluding steroid dienone is 4. The molecule has 0 aliphatic heterocycles. The quantitative estimate of drug-likeness (QED) is 0.533. The lowest BCUT2D eigenvalue weighted by atomic mass is 9.99. The molecule has 1 nitrogen and oxygen atoms in total. The topological polar surface area (TPSA) is 12.4 Å². The summed E-state index contributed by atoms with van der Waals surface area (Å²) in [6.45, 7) is 9.60. The number of nitrogens with zero attached hydrogens (tertiary/aromatic N) is 1. The molecule has 0 aliphatic rings. The predicted octanol–water partition coefficient (Wildman–Crippen LogP) is 4.78. The second-order valence-corrected chi connectivity index (χ2v) is 4.06. The Morgan fingerprint density at radius 3 is 2.28 bits per heavy atom. The SMILES string of the molecule is C=C/C=C(\C(N=CC)=C(C)C)c1ccc(F)cc1. The van der Waals surface area contributed by atoms with Crippen LogP contribution in [0, 0.1) is 5.82 Å². The lowest BCUT2D eigenvalue weighted by Crippen LogP contribution is -1.91. The third-order valence-electron chi connectivity index (χ3n) is 2.43. The molecule has 0 amide bonds. The summed E-state index contributed by atoms with van der Waals surface area (Å²) in [4.78, 5) is 4.39. The lowest BCUT2D eigenvalue weighted by Gasteiger charge is -2.10. The van der Waals surface area contributed by atoms with Gasteiger partial charge in [-0.25, -0.2) is 4.39 Å². The van der Waals surface area contributed by atoms with Crippen LogP contribution in [-0.2, 0) is 0 Å². The van der Waals surface area contributed by atoms with E-state index >= 15 is 0 Å². The first-order chi connectivity index (χ1) is 8.60. The van der Waals surface area contributed by atoms with Crippen LogP contribution in [-0.4, -0.2) is 6.21 Å². The molecule has 1 rings (SSSR count). The molecule has 0 bridgehead atoms. The standard InChI is InChI=1S/C16H18FN/c1-5-7-15(16(12(3)4)18-6-2)13-8-10-14(17)11-9-13/h5-11H,1H2,2-4H3/b15-7-,18-6?. The van der Waals surface area contributed by atoms with Crippen molar-refractivity contribution >= 4 is 11.8 Å². The van der Waals surface area contributed by atoms with Crippen LogP contribution in [0.5, 0.6) is 0 Å². The Labute approximate surface area is 108 Å². The average molecular weight is 243 g/mol. The fourth-order valence-electron chi connectivity index (χ4n) is 1.66. The van der Waals surface area contributed by atoms with Gasteiger partial charge >= 0.3 is 0 Å². The van der Waals surface area contributed by atoms with Crippen molar-refractivity contribution in [3.05, 3.63) is 65.6 Å². The smallest absolute Gasteiger partial charge is 0.123 e. The summed E-state index contributed by atoms with van der Waals surface area (Å²) in [5.74, 6) is -0.241. The third kappa shape index (κ3) is 3.52. The summed E-state index contributed by atoms with van der Waals surface area (Å²) in [7, 11) is 0. The number of benzene rings is 1. The van der Waals surface area contributed by atoms with Gasteiger partial charge in [0.2, 0.25) is 0 Å². The summed E-state index contributed by atoms with van der Waals surface area (Å²) < 4.78 is 13.0. The molecule has 0 aliphatic carbocycles. The molecule has 94 valence electrons. The van der Waals surface area contributed by atoms with Crippen LogP contribution in [0.25, 0.3) is 5.57 Å². The van der Waals surface area contributed by atoms with Crippen LogP contribution in [0.2, 0.25) is 0 Å². The molecule has 0 saturated carbocycles. The highest BCUT2D eigenvalue weighted by molar-refractivity contribution is 5.82. The van der Waals surface area contributed by atoms with Crippen molar-refractivity contribution in [2.24, 2.45) is 4.99 Å². The predicted molar refractivity (Wildman–Crippen MR) is 77.1 cm³/mol. The van der Waals surface area contributed by atoms with Gasteiger partial charge in [0, 0.05) is 11.8 Å². The van der Waals surface area contributed by atoms with Crippen molar-refractivity contribution in [3.8, 4) is 0 Å². The molecule has 1 aromatic rings. The van der Waals surface area contributed by atoms with Gasteiger partial charge in [-0.15, -0.1) is 0 Å². The van der Waals surface area contributed by atoms with Crippen molar-refractivity contribution < 1.29 is 4.39 Å². The van der Waals surface area contributed by atoms with E-state index in [2.05, 4.69) is 11.6 Å². The van der Waals surface area contributed by atoms with E-state index in [0.29, 0.717) is 0 Å². The van der Waals surface area contributed by atoms with Crippen LogP contribution in [0.1, 0.15) is 26.3 Å². The fraction of sp³-hybridized carbons (Fsp3) is 0.188. The molecule has 0 aromatic heterocycles. The molecule has 0 atom stereocenters. The molecular formula is C16H18FN. The highest BCUT2D eigenvalue weighted by Crippen LogP contribution is 2.26. The Kier molecular flexibility index (Phi) is 5.25. The summed E-state index contributed by atoms with van der Waals surface area (Å²) in [5.41, 5.74) is 3.87. The fourth-order valence-corrected chi connectivity index (χ4v) is 1.66. The maximum Gasteiger partial charge on any atom is 0.123 e. The van der Waals surface area contributed by atoms with E-state index < -0.39 is 0 Å². The Morgan fingerprint density at radius 1 is 1.22 bits per heavy atom. The molecule has 0 heterocycles. The Morgan fingerprint density at radius 2 is 1.83 bits per heavy atom. The number of hydrogen-bond acceptors (Lipinski definition) is 1. The average Bonchev–Trinajstić information content (AvgIpc) is 2.34. The monoisotopic (exact) mass is 243 g/mol. The maximum absolute atomic E-state index is 13.0. The van der Waals surface area contributed by atoms with Gasteiger partial charge < -0.3 is 0 Å². The first-order valence-electron chi connectivity index (χ1n) is 5.85. The summed E-state index contributed by atoms with van der Waals surface area (Å²) in [5, 5.41) is 0. The summed E-state index contributed by atoms with van der Waals surface area (Å²) in [6, 6.07) is 6.40. The molecule has 0 saturated heterocycles. The highest BCUT2D eigenvalue weighted by Gasteiger charge is 2.08. The van der Waals surface area contributed by atoms with Gasteiger partial charge in [-0.1, -0.05) is 36.4 Å². The van der Waals surface area contributed by atoms with Crippen LogP contribution in [0.15, 0.2) is 59.3 Å². The number of aliphatic imine (C=N–C) groups is 1. The first kappa shape index (κ1) is 14.1. The van der Waals surface area contributed by atoms with Crippen LogP contribution in [0.4, 0.5) is 4.39 Å². The van der Waals surface area contributed by atoms with E-state index in [1.807, 2.05) is 26.8 Å². The Balaban J connectivity index is 3.35. The van der Waals surface area contributed by atoms with E-state index in [-0.39, 0.29) is 5.82 Å². The van der Waals surface area contributed by atoms with Gasteiger partial charge in [0.25, 0.3) is 0 Å². The second kappa shape index (κ2) is 6.70. The summed E-state index contributed by atoms with van der Waals surface area (Å²) in [6.07, 6.45) is 5.36. The molecule has 0 N–H and O–H groups in total. The van der Waals surface area contributed by atoms with Crippen LogP contribution >= 0.6 is 0 Å². The van der Waals surface area contributed by atoms with Gasteiger partial charge in [-0.05, 0) is 38.5 Å². The van der Waals surface area contributed by atoms with Crippen LogP contribution < -0.4 is 0 Å². The number of rotatable bonds is 4. The van der Waals surface area contributed by atoms with Crippen molar-refractivity contribution in [3.63, 3.8) is 0 Å². The minimum atomic E-state index is -0.241. The number of hydrogen-bond donors (Lipinski definition) is 0. The first-order valence-corrected chi connectivity index (χ1v) is 5.85. The van der Waals surface area contributed by atoms with Gasteiger partial charge in [-0.3, -0.25) is 4.99 Å². The molecule has 2 heteroatoms. The molecule has 1 aromatic carbocycles. The molecular weight excluding hydrogens is 225 g/mol. The zero-order valence-corrected chi connectivity index (χ0v) is 11.1. The minimum Gasteiger partial charge on any atom is -0.261 e. The maximum atomic E-state index is 13.0. The molecule has 0 spiro atoms. The third-order valence-corrected chi connectivity index (χ3v) is 2.43. The molecule has 0 unspecified atom stereocenters. The van der Waals surface area contributed by atoms with E-state index in [1.165, 1.54) is 12.1 Å². The normalized spacial score (nSPS) is 11.7. The van der Waals surface area contributed by atoms with Crippen molar-refractivity contribution in [1.82, 2.24) is 0 Å². The van der Waals surface area contributed by atoms with E-state index in [1.54, 1.807) is 24.4 Å². The molecule has 18 heavy (non-hydrogen) atoms. The van der Waals surface area contributed by atoms with E-state index in [0.717, 1.165) is 22.4 Å². The number of halogens is 1. The minimum absolute atomic E-state index is 0.241. The van der Waals surface area contributed by atoms with Gasteiger partial charge in [0.1, 0.15) is 5.82 Å². The van der Waals surface area contributed by atoms with Crippen molar-refractivity contribution in [1.29, 1.82) is 0 Å². The molecule has 0 radical (unpaired) electrons. The van der Waals surface area contributed by atoms with Crippen LogP contribution in [0.3, 0.4) is 0 Å². The largest absolute Gasteiger partial charge is 0.261 e.